The molecule has 0 aromatic carbocycles. The Kier molecular flexibility index (Phi) is 5.84. The number of nitrogens with zero attached hydrogens (tertiary/aromatic N) is 2. The van der Waals surface area contributed by atoms with Gasteiger partial charge in [0.15, 0.2) is 5.96 Å². The van der Waals surface area contributed by atoms with Crippen LogP contribution in [0.15, 0.2) is 22.5 Å². The van der Waals surface area contributed by atoms with E-state index < -0.39 is 0 Å². The molecule has 1 aromatic heterocycles. The number of likely N-dealkylation sites (tertiary alicyclic amines) is 1. The minimum atomic E-state index is 0.305. The average molecular weight is 375 g/mol. The molecule has 2 heterocycles. The molecule has 2 N–H and O–H groups in total. The quantitative estimate of drug-likeness (QED) is 0.609. The van der Waals surface area contributed by atoms with Crippen LogP contribution in [0.5, 0.6) is 0 Å². The monoisotopic (exact) mass is 374 g/mol. The molecule has 2 saturated carbocycles. The van der Waals surface area contributed by atoms with Crippen molar-refractivity contribution in [2.24, 2.45) is 4.99 Å². The third kappa shape index (κ3) is 4.25. The van der Waals surface area contributed by atoms with Crippen molar-refractivity contribution in [1.29, 1.82) is 0 Å². The molecule has 0 spiro atoms. The van der Waals surface area contributed by atoms with E-state index in [1.807, 2.05) is 18.4 Å². The van der Waals surface area contributed by atoms with E-state index in [1.54, 1.807) is 4.88 Å². The minimum absolute atomic E-state index is 0.305. The SMILES string of the molecule is CN=C(NCC1(c2cccs2)CCCCC1)NC1CCN(C2CC2)CC1. The number of hydrogen-bond acceptors (Lipinski definition) is 3. The second-order valence-corrected chi connectivity index (χ2v) is 9.38. The molecule has 0 bridgehead atoms. The normalized spacial score (nSPS) is 25.2. The van der Waals surface area contributed by atoms with Gasteiger partial charge in [0, 0.05) is 49.1 Å². The number of hydrogen-bond donors (Lipinski definition) is 2. The smallest absolute Gasteiger partial charge is 0.191 e. The van der Waals surface area contributed by atoms with Crippen LogP contribution >= 0.6 is 11.3 Å². The van der Waals surface area contributed by atoms with E-state index in [-0.39, 0.29) is 0 Å². The van der Waals surface area contributed by atoms with E-state index in [0.717, 1.165) is 18.5 Å². The number of rotatable bonds is 5. The molecule has 1 aromatic rings. The second-order valence-electron chi connectivity index (χ2n) is 8.43. The Morgan fingerprint density at radius 1 is 1.19 bits per heavy atom. The van der Waals surface area contributed by atoms with Gasteiger partial charge in [-0.1, -0.05) is 25.3 Å². The fourth-order valence-electron chi connectivity index (χ4n) is 4.81. The molecule has 0 radical (unpaired) electrons. The zero-order valence-corrected chi connectivity index (χ0v) is 17.0. The zero-order valence-electron chi connectivity index (χ0n) is 16.2. The van der Waals surface area contributed by atoms with Gasteiger partial charge in [0.2, 0.25) is 0 Å². The van der Waals surface area contributed by atoms with Gasteiger partial charge < -0.3 is 15.5 Å². The summed E-state index contributed by atoms with van der Waals surface area (Å²) in [7, 11) is 1.91. The minimum Gasteiger partial charge on any atom is -0.355 e. The van der Waals surface area contributed by atoms with Crippen molar-refractivity contribution < 1.29 is 0 Å². The van der Waals surface area contributed by atoms with Crippen LogP contribution in [0.25, 0.3) is 0 Å². The highest BCUT2D eigenvalue weighted by Gasteiger charge is 2.35. The van der Waals surface area contributed by atoms with Gasteiger partial charge in [0.05, 0.1) is 0 Å². The Hall–Kier alpha value is -1.07. The molecule has 0 atom stereocenters. The van der Waals surface area contributed by atoms with Gasteiger partial charge in [-0.15, -0.1) is 11.3 Å². The lowest BCUT2D eigenvalue weighted by Gasteiger charge is -2.38. The van der Waals surface area contributed by atoms with Crippen LogP contribution in [-0.2, 0) is 5.41 Å². The Bertz CT molecular complexity index is 579. The molecular weight excluding hydrogens is 340 g/mol. The second kappa shape index (κ2) is 8.30. The van der Waals surface area contributed by atoms with Crippen molar-refractivity contribution in [1.82, 2.24) is 15.5 Å². The zero-order chi connectivity index (χ0) is 17.8. The summed E-state index contributed by atoms with van der Waals surface area (Å²) in [5.74, 6) is 0.997. The third-order valence-corrected chi connectivity index (χ3v) is 7.72. The summed E-state index contributed by atoms with van der Waals surface area (Å²) in [5.41, 5.74) is 0.305. The van der Waals surface area contributed by atoms with E-state index in [0.29, 0.717) is 11.5 Å². The summed E-state index contributed by atoms with van der Waals surface area (Å²) in [6.07, 6.45) is 12.0. The Morgan fingerprint density at radius 2 is 1.96 bits per heavy atom. The van der Waals surface area contributed by atoms with Gasteiger partial charge in [0.1, 0.15) is 0 Å². The van der Waals surface area contributed by atoms with Gasteiger partial charge in [0.25, 0.3) is 0 Å². The highest BCUT2D eigenvalue weighted by atomic mass is 32.1. The van der Waals surface area contributed by atoms with E-state index in [4.69, 9.17) is 0 Å². The molecule has 4 nitrogen and oxygen atoms in total. The van der Waals surface area contributed by atoms with Crippen LogP contribution in [0.4, 0.5) is 0 Å². The molecule has 0 amide bonds. The van der Waals surface area contributed by atoms with E-state index in [2.05, 4.69) is 38.0 Å². The molecule has 144 valence electrons. The first-order valence-corrected chi connectivity index (χ1v) is 11.4. The Morgan fingerprint density at radius 3 is 2.58 bits per heavy atom. The molecule has 4 rings (SSSR count). The maximum Gasteiger partial charge on any atom is 0.191 e. The van der Waals surface area contributed by atoms with Crippen molar-refractivity contribution in [3.8, 4) is 0 Å². The number of nitrogens with one attached hydrogen (secondary N) is 2. The summed E-state index contributed by atoms with van der Waals surface area (Å²) in [4.78, 5) is 8.77. The largest absolute Gasteiger partial charge is 0.355 e. The van der Waals surface area contributed by atoms with Crippen LogP contribution < -0.4 is 10.6 Å². The number of aliphatic imine (C=N–C) groups is 1. The standard InChI is InChI=1S/C21H34N4S/c1-22-20(24-17-9-13-25(14-10-17)18-7-8-18)23-16-21(11-3-2-4-12-21)19-6-5-15-26-19/h5-6,15,17-18H,2-4,7-14,16H2,1H3,(H2,22,23,24). The highest BCUT2D eigenvalue weighted by Crippen LogP contribution is 2.41. The lowest BCUT2D eigenvalue weighted by Crippen LogP contribution is -2.51. The van der Waals surface area contributed by atoms with Gasteiger partial charge in [-0.05, 0) is 50.0 Å². The van der Waals surface area contributed by atoms with Crippen molar-refractivity contribution >= 4 is 17.3 Å². The van der Waals surface area contributed by atoms with Crippen molar-refractivity contribution in [3.05, 3.63) is 22.4 Å². The fourth-order valence-corrected chi connectivity index (χ4v) is 5.80. The highest BCUT2D eigenvalue weighted by molar-refractivity contribution is 7.10. The Labute approximate surface area is 162 Å². The van der Waals surface area contributed by atoms with Crippen molar-refractivity contribution in [3.63, 3.8) is 0 Å². The molecular formula is C21H34N4S. The average Bonchev–Trinajstić information content (AvgIpc) is 3.39. The summed E-state index contributed by atoms with van der Waals surface area (Å²) < 4.78 is 0. The number of guanidine groups is 1. The van der Waals surface area contributed by atoms with Gasteiger partial charge in [-0.25, -0.2) is 0 Å². The predicted molar refractivity (Wildman–Crippen MR) is 111 cm³/mol. The third-order valence-electron chi connectivity index (χ3n) is 6.61. The molecule has 2 aliphatic carbocycles. The van der Waals surface area contributed by atoms with E-state index >= 15 is 0 Å². The van der Waals surface area contributed by atoms with Crippen LogP contribution in [0.2, 0.25) is 0 Å². The first kappa shape index (κ1) is 18.3. The predicted octanol–water partition coefficient (Wildman–Crippen LogP) is 3.74. The topological polar surface area (TPSA) is 39.7 Å². The van der Waals surface area contributed by atoms with Crippen LogP contribution in [0.3, 0.4) is 0 Å². The molecule has 1 aliphatic heterocycles. The van der Waals surface area contributed by atoms with Crippen LogP contribution in [-0.4, -0.2) is 49.6 Å². The maximum atomic E-state index is 4.53. The summed E-state index contributed by atoms with van der Waals surface area (Å²) in [5, 5.41) is 9.63. The first-order chi connectivity index (χ1) is 12.8. The molecule has 3 fully saturated rings. The van der Waals surface area contributed by atoms with Gasteiger partial charge in [-0.3, -0.25) is 4.99 Å². The van der Waals surface area contributed by atoms with E-state index in [1.165, 1.54) is 70.9 Å². The van der Waals surface area contributed by atoms with Gasteiger partial charge >= 0.3 is 0 Å². The lowest BCUT2D eigenvalue weighted by molar-refractivity contribution is 0.197. The van der Waals surface area contributed by atoms with Crippen molar-refractivity contribution in [2.75, 3.05) is 26.7 Å². The molecule has 26 heavy (non-hydrogen) atoms. The molecule has 3 aliphatic rings. The number of thiophene rings is 1. The summed E-state index contributed by atoms with van der Waals surface area (Å²) >= 11 is 1.93. The van der Waals surface area contributed by atoms with Crippen molar-refractivity contribution in [2.45, 2.75) is 75.3 Å². The van der Waals surface area contributed by atoms with Gasteiger partial charge in [-0.2, -0.15) is 0 Å². The molecule has 5 heteroatoms. The summed E-state index contributed by atoms with van der Waals surface area (Å²) in [6, 6.07) is 6.02. The first-order valence-electron chi connectivity index (χ1n) is 10.5. The van der Waals surface area contributed by atoms with Crippen LogP contribution in [0.1, 0.15) is 62.7 Å². The Balaban J connectivity index is 1.31. The van der Waals surface area contributed by atoms with Crippen LogP contribution in [0, 0.1) is 0 Å². The molecule has 0 unspecified atom stereocenters. The number of piperidine rings is 1. The fraction of sp³-hybridized carbons (Fsp3) is 0.762. The molecule has 1 saturated heterocycles. The lowest BCUT2D eigenvalue weighted by atomic mass is 9.73. The van der Waals surface area contributed by atoms with E-state index in [9.17, 15) is 0 Å². The maximum absolute atomic E-state index is 4.53. The summed E-state index contributed by atoms with van der Waals surface area (Å²) in [6.45, 7) is 3.50.